The van der Waals surface area contributed by atoms with Gasteiger partial charge in [-0.3, -0.25) is 5.32 Å². The number of hydrogen-bond donors (Lipinski definition) is 2. The van der Waals surface area contributed by atoms with Crippen LogP contribution in [0.1, 0.15) is 13.3 Å². The second-order valence-corrected chi connectivity index (χ2v) is 2.59. The number of nitrogens with one attached hydrogen (secondary N) is 1. The Balaban J connectivity index is 1.92. The summed E-state index contributed by atoms with van der Waals surface area (Å²) in [6, 6.07) is 0. The first kappa shape index (κ1) is 6.99. The maximum atomic E-state index is 5.30. The van der Waals surface area contributed by atoms with Gasteiger partial charge in [0.25, 0.3) is 0 Å². The van der Waals surface area contributed by atoms with Crippen molar-refractivity contribution in [2.24, 2.45) is 5.73 Å². The highest BCUT2D eigenvalue weighted by molar-refractivity contribution is 4.83. The summed E-state index contributed by atoms with van der Waals surface area (Å²) in [7, 11) is 0. The molecule has 1 aliphatic rings. The Bertz CT molecular complexity index is 91.1. The third kappa shape index (κ3) is 2.30. The molecule has 0 radical (unpaired) electrons. The van der Waals surface area contributed by atoms with Crippen LogP contribution in [0.5, 0.6) is 0 Å². The minimum atomic E-state index is -0.00479. The van der Waals surface area contributed by atoms with Gasteiger partial charge < -0.3 is 10.5 Å². The molecule has 0 aromatic carbocycles. The zero-order valence-electron chi connectivity index (χ0n) is 5.81. The van der Waals surface area contributed by atoms with Crippen molar-refractivity contribution in [3.05, 3.63) is 0 Å². The quantitative estimate of drug-likeness (QED) is 0.405. The smallest absolute Gasteiger partial charge is 0.140 e. The molecule has 1 saturated heterocycles. The molecule has 1 fully saturated rings. The molecule has 0 aromatic rings. The molecule has 1 rings (SSSR count). The van der Waals surface area contributed by atoms with Crippen LogP contribution in [0, 0.1) is 0 Å². The summed E-state index contributed by atoms with van der Waals surface area (Å²) >= 11 is 0. The summed E-state index contributed by atoms with van der Waals surface area (Å²) in [6.07, 6.45) is 1.03. The van der Waals surface area contributed by atoms with E-state index in [-0.39, 0.29) is 5.72 Å². The summed E-state index contributed by atoms with van der Waals surface area (Å²) in [5, 5.41) is 3.23. The lowest BCUT2D eigenvalue weighted by Crippen LogP contribution is -2.31. The van der Waals surface area contributed by atoms with E-state index in [2.05, 4.69) is 5.32 Å². The van der Waals surface area contributed by atoms with Crippen molar-refractivity contribution in [2.75, 3.05) is 19.7 Å². The monoisotopic (exact) mass is 130 g/mol. The maximum absolute atomic E-state index is 5.30. The molecule has 3 nitrogen and oxygen atoms in total. The molecule has 0 spiro atoms. The number of ether oxygens (including phenoxy) is 1. The molecule has 1 heterocycles. The standard InChI is InChI=1S/C6H14N2O/c1-6(5-9-6)8-4-2-3-7/h8H,2-5,7H2,1H3. The summed E-state index contributed by atoms with van der Waals surface area (Å²) in [4.78, 5) is 0. The Kier molecular flexibility index (Phi) is 2.05. The first-order valence-corrected chi connectivity index (χ1v) is 3.36. The van der Waals surface area contributed by atoms with Gasteiger partial charge in [0.1, 0.15) is 5.72 Å². The Hall–Kier alpha value is -0.120. The highest BCUT2D eigenvalue weighted by Gasteiger charge is 2.37. The van der Waals surface area contributed by atoms with Gasteiger partial charge in [-0.1, -0.05) is 0 Å². The van der Waals surface area contributed by atoms with Crippen LogP contribution in [0.3, 0.4) is 0 Å². The first-order chi connectivity index (χ1) is 4.27. The Morgan fingerprint density at radius 2 is 2.44 bits per heavy atom. The SMILES string of the molecule is CC1(NCCCN)CO1. The lowest BCUT2D eigenvalue weighted by atomic mass is 10.3. The highest BCUT2D eigenvalue weighted by Crippen LogP contribution is 2.20. The number of hydrogen-bond acceptors (Lipinski definition) is 3. The van der Waals surface area contributed by atoms with Crippen molar-refractivity contribution >= 4 is 0 Å². The van der Waals surface area contributed by atoms with E-state index in [1.54, 1.807) is 0 Å². The summed E-state index contributed by atoms with van der Waals surface area (Å²) in [5.74, 6) is 0. The van der Waals surface area contributed by atoms with E-state index >= 15 is 0 Å². The molecular weight excluding hydrogens is 116 g/mol. The van der Waals surface area contributed by atoms with Gasteiger partial charge in [0.15, 0.2) is 0 Å². The fourth-order valence-corrected chi connectivity index (χ4v) is 0.665. The van der Waals surface area contributed by atoms with Gasteiger partial charge in [-0.05, 0) is 26.4 Å². The van der Waals surface area contributed by atoms with Gasteiger partial charge in [-0.2, -0.15) is 0 Å². The van der Waals surface area contributed by atoms with Crippen LogP contribution in [0.2, 0.25) is 0 Å². The number of epoxide rings is 1. The average Bonchev–Trinajstić information content (AvgIpc) is 2.50. The normalized spacial score (nSPS) is 32.7. The Morgan fingerprint density at radius 1 is 1.78 bits per heavy atom. The van der Waals surface area contributed by atoms with Crippen molar-refractivity contribution in [2.45, 2.75) is 19.1 Å². The van der Waals surface area contributed by atoms with Crippen LogP contribution >= 0.6 is 0 Å². The molecule has 0 aromatic heterocycles. The van der Waals surface area contributed by atoms with Crippen molar-refractivity contribution in [3.8, 4) is 0 Å². The van der Waals surface area contributed by atoms with Crippen molar-refractivity contribution in [3.63, 3.8) is 0 Å². The predicted molar refractivity (Wildman–Crippen MR) is 36.0 cm³/mol. The molecule has 0 saturated carbocycles. The van der Waals surface area contributed by atoms with E-state index in [4.69, 9.17) is 10.5 Å². The minimum Gasteiger partial charge on any atom is -0.354 e. The second-order valence-electron chi connectivity index (χ2n) is 2.59. The van der Waals surface area contributed by atoms with Gasteiger partial charge in [0, 0.05) is 0 Å². The van der Waals surface area contributed by atoms with Crippen LogP contribution in [0.15, 0.2) is 0 Å². The number of rotatable bonds is 4. The van der Waals surface area contributed by atoms with Gasteiger partial charge in [0.2, 0.25) is 0 Å². The lowest BCUT2D eigenvalue weighted by molar-refractivity contribution is 0.276. The summed E-state index contributed by atoms with van der Waals surface area (Å²) in [5.41, 5.74) is 5.29. The molecule has 54 valence electrons. The Labute approximate surface area is 55.6 Å². The molecule has 0 bridgehead atoms. The van der Waals surface area contributed by atoms with Crippen LogP contribution in [-0.4, -0.2) is 25.4 Å². The zero-order valence-corrected chi connectivity index (χ0v) is 5.81. The van der Waals surface area contributed by atoms with E-state index in [0.29, 0.717) is 0 Å². The Morgan fingerprint density at radius 3 is 2.89 bits per heavy atom. The summed E-state index contributed by atoms with van der Waals surface area (Å²) in [6.45, 7) is 4.61. The van der Waals surface area contributed by atoms with Gasteiger partial charge in [0.05, 0.1) is 6.61 Å². The van der Waals surface area contributed by atoms with Gasteiger partial charge >= 0.3 is 0 Å². The topological polar surface area (TPSA) is 50.6 Å². The average molecular weight is 130 g/mol. The third-order valence-corrected chi connectivity index (χ3v) is 1.46. The van der Waals surface area contributed by atoms with Crippen molar-refractivity contribution in [1.82, 2.24) is 5.32 Å². The van der Waals surface area contributed by atoms with Crippen LogP contribution in [0.4, 0.5) is 0 Å². The molecule has 0 amide bonds. The van der Waals surface area contributed by atoms with E-state index in [1.165, 1.54) is 0 Å². The maximum Gasteiger partial charge on any atom is 0.140 e. The fraction of sp³-hybridized carbons (Fsp3) is 1.00. The van der Waals surface area contributed by atoms with Crippen LogP contribution in [-0.2, 0) is 4.74 Å². The molecule has 1 unspecified atom stereocenters. The van der Waals surface area contributed by atoms with E-state index in [0.717, 1.165) is 26.1 Å². The first-order valence-electron chi connectivity index (χ1n) is 3.36. The predicted octanol–water partition coefficient (Wildman–Crippen LogP) is -0.329. The van der Waals surface area contributed by atoms with Gasteiger partial charge in [-0.25, -0.2) is 0 Å². The molecule has 9 heavy (non-hydrogen) atoms. The van der Waals surface area contributed by atoms with Gasteiger partial charge in [-0.15, -0.1) is 0 Å². The highest BCUT2D eigenvalue weighted by atomic mass is 16.6. The van der Waals surface area contributed by atoms with Crippen LogP contribution < -0.4 is 11.1 Å². The molecule has 3 heteroatoms. The number of nitrogens with two attached hydrogens (primary N) is 1. The van der Waals surface area contributed by atoms with E-state index < -0.39 is 0 Å². The lowest BCUT2D eigenvalue weighted by Gasteiger charge is -2.05. The van der Waals surface area contributed by atoms with E-state index in [1.807, 2.05) is 6.92 Å². The van der Waals surface area contributed by atoms with Crippen molar-refractivity contribution in [1.29, 1.82) is 0 Å². The van der Waals surface area contributed by atoms with Crippen LogP contribution in [0.25, 0.3) is 0 Å². The molecule has 0 aliphatic carbocycles. The third-order valence-electron chi connectivity index (χ3n) is 1.46. The largest absolute Gasteiger partial charge is 0.354 e. The zero-order chi connectivity index (χ0) is 6.74. The fourth-order valence-electron chi connectivity index (χ4n) is 0.665. The minimum absolute atomic E-state index is 0.00479. The van der Waals surface area contributed by atoms with Crippen molar-refractivity contribution < 1.29 is 4.74 Å². The second kappa shape index (κ2) is 2.64. The molecule has 3 N–H and O–H groups in total. The van der Waals surface area contributed by atoms with E-state index in [9.17, 15) is 0 Å². The molecule has 1 aliphatic heterocycles. The molecule has 1 atom stereocenters. The summed E-state index contributed by atoms with van der Waals surface area (Å²) < 4.78 is 5.09. The molecular formula is C6H14N2O.